The molecule has 0 bridgehead atoms. The van der Waals surface area contributed by atoms with Crippen LogP contribution in [0.3, 0.4) is 0 Å². The first-order chi connectivity index (χ1) is 9.59. The number of aryl methyl sites for hydroxylation is 1. The quantitative estimate of drug-likeness (QED) is 0.854. The van der Waals surface area contributed by atoms with Gasteiger partial charge in [-0.1, -0.05) is 18.2 Å². The fraction of sp³-hybridized carbons (Fsp3) is 0.600. The minimum absolute atomic E-state index is 0.413. The van der Waals surface area contributed by atoms with Gasteiger partial charge in [0.15, 0.2) is 0 Å². The molecule has 2 heterocycles. The predicted molar refractivity (Wildman–Crippen MR) is 79.1 cm³/mol. The average molecular weight is 294 g/mol. The highest BCUT2D eigenvalue weighted by atomic mass is 32.2. The zero-order valence-corrected chi connectivity index (χ0v) is 12.8. The van der Waals surface area contributed by atoms with Gasteiger partial charge in [-0.3, -0.25) is 4.90 Å². The van der Waals surface area contributed by atoms with Crippen molar-refractivity contribution in [2.24, 2.45) is 0 Å². The minimum Gasteiger partial charge on any atom is -0.299 e. The minimum atomic E-state index is -3.33. The topological polar surface area (TPSA) is 40.6 Å². The van der Waals surface area contributed by atoms with Crippen LogP contribution in [0.4, 0.5) is 0 Å². The number of hydrogen-bond acceptors (Lipinski definition) is 3. The molecule has 0 radical (unpaired) electrons. The summed E-state index contributed by atoms with van der Waals surface area (Å²) in [5.41, 5.74) is 0.831. The summed E-state index contributed by atoms with van der Waals surface area (Å²) >= 11 is 0. The van der Waals surface area contributed by atoms with Crippen LogP contribution >= 0.6 is 0 Å². The van der Waals surface area contributed by atoms with Crippen LogP contribution < -0.4 is 0 Å². The molecule has 110 valence electrons. The van der Waals surface area contributed by atoms with E-state index in [1.807, 2.05) is 19.1 Å². The van der Waals surface area contributed by atoms with E-state index in [0.29, 0.717) is 24.0 Å². The molecule has 2 saturated heterocycles. The molecule has 0 aliphatic carbocycles. The van der Waals surface area contributed by atoms with E-state index in [4.69, 9.17) is 0 Å². The highest BCUT2D eigenvalue weighted by Crippen LogP contribution is 2.26. The van der Waals surface area contributed by atoms with E-state index in [-0.39, 0.29) is 0 Å². The molecular formula is C15H22N2O2S. The predicted octanol–water partition coefficient (Wildman–Crippen LogP) is 1.85. The Hall–Kier alpha value is -0.910. The van der Waals surface area contributed by atoms with Crippen LogP contribution in [-0.4, -0.2) is 49.8 Å². The maximum absolute atomic E-state index is 12.7. The lowest BCUT2D eigenvalue weighted by Gasteiger charge is -2.23. The average Bonchev–Trinajstić information content (AvgIpc) is 3.10. The van der Waals surface area contributed by atoms with E-state index in [1.54, 1.807) is 16.4 Å². The number of benzene rings is 1. The molecule has 5 heteroatoms. The monoisotopic (exact) mass is 294 g/mol. The Balaban J connectivity index is 1.78. The smallest absolute Gasteiger partial charge is 0.243 e. The number of sulfonamides is 1. The maximum atomic E-state index is 12.7. The van der Waals surface area contributed by atoms with Gasteiger partial charge in [0.2, 0.25) is 10.0 Å². The van der Waals surface area contributed by atoms with E-state index < -0.39 is 10.0 Å². The van der Waals surface area contributed by atoms with Gasteiger partial charge < -0.3 is 0 Å². The molecule has 0 N–H and O–H groups in total. The van der Waals surface area contributed by atoms with Crippen molar-refractivity contribution in [3.63, 3.8) is 0 Å². The van der Waals surface area contributed by atoms with E-state index in [9.17, 15) is 8.42 Å². The van der Waals surface area contributed by atoms with Gasteiger partial charge in [0.1, 0.15) is 0 Å². The van der Waals surface area contributed by atoms with Crippen molar-refractivity contribution in [2.75, 3.05) is 26.2 Å². The fourth-order valence-electron chi connectivity index (χ4n) is 3.32. The SMILES string of the molecule is Cc1ccccc1S(=O)(=O)N1CCC(N2CCCC2)C1. The molecule has 0 spiro atoms. The second-order valence-corrected chi connectivity index (χ2v) is 7.72. The molecule has 2 aliphatic rings. The molecule has 3 rings (SSSR count). The largest absolute Gasteiger partial charge is 0.299 e. The summed E-state index contributed by atoms with van der Waals surface area (Å²) in [5.74, 6) is 0. The third-order valence-electron chi connectivity index (χ3n) is 4.49. The van der Waals surface area contributed by atoms with Crippen LogP contribution in [0.5, 0.6) is 0 Å². The van der Waals surface area contributed by atoms with Crippen molar-refractivity contribution in [3.05, 3.63) is 29.8 Å². The third-order valence-corrected chi connectivity index (χ3v) is 6.52. The number of rotatable bonds is 3. The lowest BCUT2D eigenvalue weighted by Crippen LogP contribution is -2.37. The first-order valence-corrected chi connectivity index (χ1v) is 8.83. The standard InChI is InChI=1S/C15H22N2O2S/c1-13-6-2-3-7-15(13)20(18,19)17-11-8-14(12-17)16-9-4-5-10-16/h2-3,6-7,14H,4-5,8-12H2,1H3. The number of likely N-dealkylation sites (tertiary alicyclic amines) is 1. The van der Waals surface area contributed by atoms with Gasteiger partial charge in [-0.15, -0.1) is 0 Å². The highest BCUT2D eigenvalue weighted by Gasteiger charge is 2.36. The molecule has 1 unspecified atom stereocenters. The second-order valence-electron chi connectivity index (χ2n) is 5.81. The zero-order valence-electron chi connectivity index (χ0n) is 12.0. The van der Waals surface area contributed by atoms with Gasteiger partial charge in [-0.25, -0.2) is 8.42 Å². The van der Waals surface area contributed by atoms with E-state index >= 15 is 0 Å². The molecule has 0 amide bonds. The molecule has 2 aliphatic heterocycles. The van der Waals surface area contributed by atoms with Gasteiger partial charge in [0, 0.05) is 19.1 Å². The van der Waals surface area contributed by atoms with E-state index in [0.717, 1.165) is 25.1 Å². The lowest BCUT2D eigenvalue weighted by atomic mass is 10.2. The molecule has 4 nitrogen and oxygen atoms in total. The second kappa shape index (κ2) is 5.47. The van der Waals surface area contributed by atoms with Crippen molar-refractivity contribution in [2.45, 2.75) is 37.1 Å². The first kappa shape index (κ1) is 14.0. The van der Waals surface area contributed by atoms with Gasteiger partial charge in [0.25, 0.3) is 0 Å². The van der Waals surface area contributed by atoms with Crippen LogP contribution in [-0.2, 0) is 10.0 Å². The third kappa shape index (κ3) is 2.50. The molecule has 1 atom stereocenters. The van der Waals surface area contributed by atoms with Crippen LogP contribution in [0.1, 0.15) is 24.8 Å². The van der Waals surface area contributed by atoms with Gasteiger partial charge in [-0.2, -0.15) is 4.31 Å². The molecule has 0 saturated carbocycles. The Morgan fingerprint density at radius 2 is 1.80 bits per heavy atom. The zero-order chi connectivity index (χ0) is 14.2. The van der Waals surface area contributed by atoms with Crippen molar-refractivity contribution < 1.29 is 8.42 Å². The van der Waals surface area contributed by atoms with Gasteiger partial charge in [0.05, 0.1) is 4.90 Å². The molecule has 20 heavy (non-hydrogen) atoms. The van der Waals surface area contributed by atoms with Crippen molar-refractivity contribution in [1.29, 1.82) is 0 Å². The van der Waals surface area contributed by atoms with Crippen LogP contribution in [0, 0.1) is 6.92 Å². The summed E-state index contributed by atoms with van der Waals surface area (Å²) in [4.78, 5) is 2.91. The Labute approximate surface area is 121 Å². The Morgan fingerprint density at radius 3 is 2.50 bits per heavy atom. The van der Waals surface area contributed by atoms with Crippen LogP contribution in [0.15, 0.2) is 29.2 Å². The molecule has 1 aromatic rings. The van der Waals surface area contributed by atoms with E-state index in [2.05, 4.69) is 4.90 Å². The summed E-state index contributed by atoms with van der Waals surface area (Å²) in [6, 6.07) is 7.67. The summed E-state index contributed by atoms with van der Waals surface area (Å²) in [6.07, 6.45) is 3.47. The maximum Gasteiger partial charge on any atom is 0.243 e. The normalized spacial score (nSPS) is 25.4. The number of hydrogen-bond donors (Lipinski definition) is 0. The highest BCUT2D eigenvalue weighted by molar-refractivity contribution is 7.89. The Morgan fingerprint density at radius 1 is 1.10 bits per heavy atom. The first-order valence-electron chi connectivity index (χ1n) is 7.39. The summed E-state index contributed by atoms with van der Waals surface area (Å²) in [5, 5.41) is 0. The van der Waals surface area contributed by atoms with Gasteiger partial charge in [-0.05, 0) is 50.9 Å². The fourth-order valence-corrected chi connectivity index (χ4v) is 5.04. The summed E-state index contributed by atoms with van der Waals surface area (Å²) < 4.78 is 27.1. The molecular weight excluding hydrogens is 272 g/mol. The molecule has 0 aromatic heterocycles. The summed E-state index contributed by atoms with van der Waals surface area (Å²) in [6.45, 7) is 5.42. The molecule has 2 fully saturated rings. The van der Waals surface area contributed by atoms with Gasteiger partial charge >= 0.3 is 0 Å². The Kier molecular flexibility index (Phi) is 3.84. The molecule has 1 aromatic carbocycles. The van der Waals surface area contributed by atoms with Crippen molar-refractivity contribution in [1.82, 2.24) is 9.21 Å². The van der Waals surface area contributed by atoms with Crippen molar-refractivity contribution in [3.8, 4) is 0 Å². The summed E-state index contributed by atoms with van der Waals surface area (Å²) in [7, 11) is -3.33. The lowest BCUT2D eigenvalue weighted by molar-refractivity contribution is 0.251. The number of nitrogens with zero attached hydrogens (tertiary/aromatic N) is 2. The van der Waals surface area contributed by atoms with E-state index in [1.165, 1.54) is 12.8 Å². The Bertz CT molecular complexity index is 579. The van der Waals surface area contributed by atoms with Crippen molar-refractivity contribution >= 4 is 10.0 Å². The van der Waals surface area contributed by atoms with Crippen LogP contribution in [0.2, 0.25) is 0 Å². The van der Waals surface area contributed by atoms with Crippen LogP contribution in [0.25, 0.3) is 0 Å².